The molecule has 0 spiro atoms. The zero-order valence-electron chi connectivity index (χ0n) is 11.2. The lowest BCUT2D eigenvalue weighted by Gasteiger charge is -2.14. The fourth-order valence-electron chi connectivity index (χ4n) is 2.60. The number of methoxy groups -OCH3 is 1. The van der Waals surface area contributed by atoms with Crippen LogP contribution < -0.4 is 4.74 Å². The average molecular weight is 270 g/mol. The third-order valence-corrected chi connectivity index (χ3v) is 3.43. The largest absolute Gasteiger partial charge is 0.508 e. The summed E-state index contributed by atoms with van der Waals surface area (Å²) in [6.07, 6.45) is -0.500. The molecule has 20 heavy (non-hydrogen) atoms. The van der Waals surface area contributed by atoms with Crippen LogP contribution in [0.2, 0.25) is 0 Å². The molecular weight excluding hydrogens is 256 g/mol. The van der Waals surface area contributed by atoms with Crippen LogP contribution in [-0.4, -0.2) is 18.2 Å². The standard InChI is InChI=1S/C16H14O4/c1-9(17)20-16-14-7-10(18)3-5-12(14)13-6-4-11(19-2)8-15(13)16/h3-8,16,18H,1-2H3. The number of aromatic hydroxyl groups is 1. The normalized spacial score (nSPS) is 15.4. The highest BCUT2D eigenvalue weighted by atomic mass is 16.5. The van der Waals surface area contributed by atoms with E-state index in [0.717, 1.165) is 22.3 Å². The topological polar surface area (TPSA) is 55.8 Å². The van der Waals surface area contributed by atoms with Gasteiger partial charge in [-0.2, -0.15) is 0 Å². The van der Waals surface area contributed by atoms with Crippen molar-refractivity contribution in [2.24, 2.45) is 0 Å². The molecule has 1 aliphatic carbocycles. The van der Waals surface area contributed by atoms with Gasteiger partial charge in [0.1, 0.15) is 11.5 Å². The molecule has 1 aliphatic rings. The highest BCUT2D eigenvalue weighted by Gasteiger charge is 2.31. The molecule has 0 aliphatic heterocycles. The van der Waals surface area contributed by atoms with Gasteiger partial charge in [-0.3, -0.25) is 4.79 Å². The molecule has 0 amide bonds. The lowest BCUT2D eigenvalue weighted by Crippen LogP contribution is -2.07. The number of fused-ring (bicyclic) bond motifs is 3. The molecule has 0 bridgehead atoms. The fraction of sp³-hybridized carbons (Fsp3) is 0.188. The van der Waals surface area contributed by atoms with Crippen molar-refractivity contribution in [3.05, 3.63) is 47.5 Å². The van der Waals surface area contributed by atoms with E-state index in [-0.39, 0.29) is 11.7 Å². The van der Waals surface area contributed by atoms with Crippen LogP contribution in [0.5, 0.6) is 11.5 Å². The Hall–Kier alpha value is -2.49. The van der Waals surface area contributed by atoms with Crippen molar-refractivity contribution >= 4 is 5.97 Å². The van der Waals surface area contributed by atoms with Crippen LogP contribution in [0, 0.1) is 0 Å². The van der Waals surface area contributed by atoms with Gasteiger partial charge in [0.25, 0.3) is 0 Å². The molecule has 1 atom stereocenters. The van der Waals surface area contributed by atoms with Gasteiger partial charge >= 0.3 is 5.97 Å². The second-order valence-corrected chi connectivity index (χ2v) is 4.71. The predicted molar refractivity (Wildman–Crippen MR) is 73.7 cm³/mol. The van der Waals surface area contributed by atoms with Crippen molar-refractivity contribution in [2.45, 2.75) is 13.0 Å². The second kappa shape index (κ2) is 4.56. The van der Waals surface area contributed by atoms with Crippen LogP contribution in [0.25, 0.3) is 11.1 Å². The lowest BCUT2D eigenvalue weighted by molar-refractivity contribution is -0.144. The van der Waals surface area contributed by atoms with Crippen molar-refractivity contribution in [3.63, 3.8) is 0 Å². The van der Waals surface area contributed by atoms with Crippen molar-refractivity contribution in [1.29, 1.82) is 0 Å². The predicted octanol–water partition coefficient (Wildman–Crippen LogP) is 3.03. The summed E-state index contributed by atoms with van der Waals surface area (Å²) in [4.78, 5) is 11.3. The number of phenolic OH excluding ortho intramolecular Hbond substituents is 1. The molecule has 0 radical (unpaired) electrons. The van der Waals surface area contributed by atoms with E-state index in [0.29, 0.717) is 5.75 Å². The molecule has 0 aromatic heterocycles. The van der Waals surface area contributed by atoms with Crippen LogP contribution in [0.15, 0.2) is 36.4 Å². The smallest absolute Gasteiger partial charge is 0.303 e. The number of rotatable bonds is 2. The van der Waals surface area contributed by atoms with Crippen molar-refractivity contribution < 1.29 is 19.4 Å². The van der Waals surface area contributed by atoms with Gasteiger partial charge in [-0.25, -0.2) is 0 Å². The first-order valence-electron chi connectivity index (χ1n) is 6.28. The van der Waals surface area contributed by atoms with Crippen LogP contribution in [0.3, 0.4) is 0 Å². The molecule has 0 saturated carbocycles. The van der Waals surface area contributed by atoms with Gasteiger partial charge in [0, 0.05) is 18.1 Å². The number of hydrogen-bond acceptors (Lipinski definition) is 4. The third-order valence-electron chi connectivity index (χ3n) is 3.43. The summed E-state index contributed by atoms with van der Waals surface area (Å²) in [7, 11) is 1.59. The maximum atomic E-state index is 11.3. The molecule has 1 N–H and O–H groups in total. The van der Waals surface area contributed by atoms with E-state index in [1.807, 2.05) is 24.3 Å². The summed E-state index contributed by atoms with van der Waals surface area (Å²) in [5, 5.41) is 9.66. The first-order valence-corrected chi connectivity index (χ1v) is 6.28. The van der Waals surface area contributed by atoms with Crippen molar-refractivity contribution in [1.82, 2.24) is 0 Å². The number of ether oxygens (including phenoxy) is 2. The lowest BCUT2D eigenvalue weighted by atomic mass is 10.1. The molecule has 2 aromatic carbocycles. The number of benzene rings is 2. The quantitative estimate of drug-likeness (QED) is 0.852. The maximum absolute atomic E-state index is 11.3. The van der Waals surface area contributed by atoms with Gasteiger partial charge in [0.2, 0.25) is 0 Å². The molecule has 3 rings (SSSR count). The van der Waals surface area contributed by atoms with E-state index in [1.54, 1.807) is 19.2 Å². The summed E-state index contributed by atoms with van der Waals surface area (Å²) < 4.78 is 10.6. The summed E-state index contributed by atoms with van der Waals surface area (Å²) in [6, 6.07) is 10.8. The van der Waals surface area contributed by atoms with E-state index in [1.165, 1.54) is 6.92 Å². The van der Waals surface area contributed by atoms with Gasteiger partial charge in [0.05, 0.1) is 7.11 Å². The van der Waals surface area contributed by atoms with Gasteiger partial charge in [0.15, 0.2) is 6.10 Å². The third kappa shape index (κ3) is 1.90. The Morgan fingerprint density at radius 1 is 1.10 bits per heavy atom. The van der Waals surface area contributed by atoms with E-state index in [2.05, 4.69) is 0 Å². The minimum atomic E-state index is -0.500. The van der Waals surface area contributed by atoms with Gasteiger partial charge < -0.3 is 14.6 Å². The second-order valence-electron chi connectivity index (χ2n) is 4.71. The molecule has 0 saturated heterocycles. The molecule has 102 valence electrons. The van der Waals surface area contributed by atoms with Crippen LogP contribution in [0.4, 0.5) is 0 Å². The Morgan fingerprint density at radius 2 is 1.75 bits per heavy atom. The van der Waals surface area contributed by atoms with Crippen LogP contribution >= 0.6 is 0 Å². The summed E-state index contributed by atoms with van der Waals surface area (Å²) in [6.45, 7) is 1.38. The Morgan fingerprint density at radius 3 is 2.40 bits per heavy atom. The number of hydrogen-bond donors (Lipinski definition) is 1. The fourth-order valence-corrected chi connectivity index (χ4v) is 2.60. The molecular formula is C16H14O4. The van der Waals surface area contributed by atoms with Crippen LogP contribution in [0.1, 0.15) is 24.2 Å². The molecule has 4 nitrogen and oxygen atoms in total. The van der Waals surface area contributed by atoms with E-state index in [9.17, 15) is 9.90 Å². The van der Waals surface area contributed by atoms with Crippen molar-refractivity contribution in [2.75, 3.05) is 7.11 Å². The summed E-state index contributed by atoms with van der Waals surface area (Å²) >= 11 is 0. The molecule has 0 fully saturated rings. The first kappa shape index (κ1) is 12.5. The Labute approximate surface area is 116 Å². The number of carbonyl (C=O) groups excluding carboxylic acids is 1. The zero-order chi connectivity index (χ0) is 14.3. The van der Waals surface area contributed by atoms with Crippen LogP contribution in [-0.2, 0) is 9.53 Å². The minimum absolute atomic E-state index is 0.153. The first-order chi connectivity index (χ1) is 9.60. The summed E-state index contributed by atoms with van der Waals surface area (Å²) in [5.74, 6) is 0.499. The van der Waals surface area contributed by atoms with Gasteiger partial charge in [-0.15, -0.1) is 0 Å². The average Bonchev–Trinajstić information content (AvgIpc) is 2.71. The number of phenols is 1. The zero-order valence-corrected chi connectivity index (χ0v) is 11.2. The van der Waals surface area contributed by atoms with Gasteiger partial charge in [-0.05, 0) is 35.4 Å². The number of esters is 1. The monoisotopic (exact) mass is 270 g/mol. The molecule has 4 heteroatoms. The number of carbonyl (C=O) groups is 1. The Balaban J connectivity index is 2.19. The maximum Gasteiger partial charge on any atom is 0.303 e. The van der Waals surface area contributed by atoms with E-state index < -0.39 is 6.10 Å². The minimum Gasteiger partial charge on any atom is -0.508 e. The Kier molecular flexibility index (Phi) is 2.86. The van der Waals surface area contributed by atoms with Crippen molar-refractivity contribution in [3.8, 4) is 22.6 Å². The van der Waals surface area contributed by atoms with E-state index >= 15 is 0 Å². The molecule has 0 heterocycles. The van der Waals surface area contributed by atoms with Gasteiger partial charge in [-0.1, -0.05) is 12.1 Å². The highest BCUT2D eigenvalue weighted by molar-refractivity contribution is 5.81. The molecule has 2 aromatic rings. The highest BCUT2D eigenvalue weighted by Crippen LogP contribution is 2.47. The molecule has 1 unspecified atom stereocenters. The Bertz CT molecular complexity index is 691. The van der Waals surface area contributed by atoms with E-state index in [4.69, 9.17) is 9.47 Å². The summed E-state index contributed by atoms with van der Waals surface area (Å²) in [5.41, 5.74) is 3.63. The SMILES string of the molecule is COc1ccc2c(c1)C(OC(C)=O)c1cc(O)ccc1-2.